The van der Waals surface area contributed by atoms with Gasteiger partial charge in [-0.15, -0.1) is 0 Å². The fourth-order valence-corrected chi connectivity index (χ4v) is 1.72. The monoisotopic (exact) mass is 331 g/mol. The molecule has 9 heteroatoms. The molecule has 1 heterocycles. The second kappa shape index (κ2) is 6.10. The number of halogens is 4. The first-order valence-corrected chi connectivity index (χ1v) is 6.17. The fraction of sp³-hybridized carbons (Fsp3) is 0.0769. The third kappa shape index (κ3) is 3.59. The molecule has 116 valence electrons. The van der Waals surface area contributed by atoms with Crippen LogP contribution in [0.25, 0.3) is 0 Å². The Morgan fingerprint density at radius 1 is 1.27 bits per heavy atom. The number of pyridine rings is 1. The van der Waals surface area contributed by atoms with Crippen LogP contribution in [-0.2, 0) is 6.18 Å². The van der Waals surface area contributed by atoms with Gasteiger partial charge in [-0.25, -0.2) is 4.98 Å². The maximum absolute atomic E-state index is 12.5. The normalized spacial score (nSPS) is 12.3. The summed E-state index contributed by atoms with van der Waals surface area (Å²) in [7, 11) is 0. The van der Waals surface area contributed by atoms with E-state index in [2.05, 4.69) is 10.1 Å². The molecule has 0 saturated carbocycles. The zero-order chi connectivity index (χ0) is 16.3. The highest BCUT2D eigenvalue weighted by molar-refractivity contribution is 6.31. The lowest BCUT2D eigenvalue weighted by Crippen LogP contribution is -2.12. The van der Waals surface area contributed by atoms with E-state index >= 15 is 0 Å². The van der Waals surface area contributed by atoms with Gasteiger partial charge in [0.05, 0.1) is 5.56 Å². The molecule has 0 fully saturated rings. The minimum absolute atomic E-state index is 0.0859. The van der Waals surface area contributed by atoms with E-state index in [4.69, 9.17) is 27.3 Å². The Hall–Kier alpha value is -2.48. The van der Waals surface area contributed by atoms with Crippen molar-refractivity contribution >= 4 is 17.4 Å². The molecule has 1 aromatic carbocycles. The Labute approximate surface area is 127 Å². The Bertz CT molecular complexity index is 703. The predicted molar refractivity (Wildman–Crippen MR) is 73.3 cm³/mol. The second-order valence-electron chi connectivity index (χ2n) is 4.12. The lowest BCUT2D eigenvalue weighted by Gasteiger charge is -2.10. The molecule has 2 aromatic rings. The highest BCUT2D eigenvalue weighted by Crippen LogP contribution is 2.34. The zero-order valence-electron chi connectivity index (χ0n) is 10.8. The largest absolute Gasteiger partial charge is 0.438 e. The number of hydrogen-bond donors (Lipinski definition) is 2. The quantitative estimate of drug-likeness (QED) is 0.389. The van der Waals surface area contributed by atoms with Crippen LogP contribution in [0.2, 0.25) is 5.02 Å². The summed E-state index contributed by atoms with van der Waals surface area (Å²) in [5.41, 5.74) is 4.88. The van der Waals surface area contributed by atoms with Gasteiger partial charge in [0, 0.05) is 11.8 Å². The van der Waals surface area contributed by atoms with Crippen molar-refractivity contribution in [3.8, 4) is 11.6 Å². The minimum Gasteiger partial charge on any atom is -0.438 e. The van der Waals surface area contributed by atoms with Crippen molar-refractivity contribution < 1.29 is 23.1 Å². The maximum atomic E-state index is 12.5. The van der Waals surface area contributed by atoms with Crippen molar-refractivity contribution in [2.24, 2.45) is 10.9 Å². The average Bonchev–Trinajstić information content (AvgIpc) is 2.48. The van der Waals surface area contributed by atoms with E-state index in [1.807, 2.05) is 0 Å². The topological polar surface area (TPSA) is 80.7 Å². The van der Waals surface area contributed by atoms with Crippen molar-refractivity contribution in [2.75, 3.05) is 0 Å². The Balaban J connectivity index is 2.21. The molecule has 1 aromatic heterocycles. The van der Waals surface area contributed by atoms with E-state index in [0.717, 1.165) is 6.07 Å². The minimum atomic E-state index is -4.53. The van der Waals surface area contributed by atoms with Crippen molar-refractivity contribution in [1.29, 1.82) is 0 Å². The molecule has 0 bridgehead atoms. The highest BCUT2D eigenvalue weighted by atomic mass is 35.5. The van der Waals surface area contributed by atoms with E-state index in [-0.39, 0.29) is 22.5 Å². The molecule has 0 aliphatic rings. The van der Waals surface area contributed by atoms with Gasteiger partial charge in [-0.1, -0.05) is 16.8 Å². The molecule has 2 rings (SSSR count). The van der Waals surface area contributed by atoms with Crippen LogP contribution in [0.4, 0.5) is 13.2 Å². The molecule has 0 amide bonds. The van der Waals surface area contributed by atoms with Gasteiger partial charge in [0.2, 0.25) is 5.88 Å². The van der Waals surface area contributed by atoms with Gasteiger partial charge in [-0.3, -0.25) is 0 Å². The van der Waals surface area contributed by atoms with Crippen LogP contribution in [0.3, 0.4) is 0 Å². The molecular weight excluding hydrogens is 323 g/mol. The maximum Gasteiger partial charge on any atom is 0.417 e. The predicted octanol–water partition coefficient (Wildman–Crippen LogP) is 3.64. The van der Waals surface area contributed by atoms with Crippen molar-refractivity contribution in [1.82, 2.24) is 4.98 Å². The van der Waals surface area contributed by atoms with Crippen LogP contribution in [0.1, 0.15) is 11.1 Å². The van der Waals surface area contributed by atoms with Gasteiger partial charge in [-0.05, 0) is 30.3 Å². The average molecular weight is 332 g/mol. The Morgan fingerprint density at radius 3 is 2.41 bits per heavy atom. The summed E-state index contributed by atoms with van der Waals surface area (Å²) in [6, 6.07) is 6.69. The molecule has 0 aliphatic heterocycles. The number of nitrogens with zero attached hydrogens (tertiary/aromatic N) is 2. The molecular formula is C13H9ClF3N3O2. The third-order valence-electron chi connectivity index (χ3n) is 2.61. The van der Waals surface area contributed by atoms with Crippen LogP contribution in [0.5, 0.6) is 11.6 Å². The van der Waals surface area contributed by atoms with E-state index in [9.17, 15) is 13.2 Å². The Morgan fingerprint density at radius 2 is 1.91 bits per heavy atom. The summed E-state index contributed by atoms with van der Waals surface area (Å²) in [4.78, 5) is 3.55. The van der Waals surface area contributed by atoms with Crippen LogP contribution in [0.15, 0.2) is 41.7 Å². The van der Waals surface area contributed by atoms with E-state index < -0.39 is 11.7 Å². The lowest BCUT2D eigenvalue weighted by atomic mass is 10.2. The van der Waals surface area contributed by atoms with E-state index in [0.29, 0.717) is 11.8 Å². The summed E-state index contributed by atoms with van der Waals surface area (Å²) >= 11 is 5.73. The standard InChI is InChI=1S/C13H9ClF3N3O2/c14-10-5-8(13(15,16)17)6-19-12(10)22-9-3-1-7(2-4-9)11(18)20-21/h1-6,21H,(H2,18,20). The van der Waals surface area contributed by atoms with Gasteiger partial charge in [-0.2, -0.15) is 13.2 Å². The summed E-state index contributed by atoms with van der Waals surface area (Å²) in [6.07, 6.45) is -3.90. The van der Waals surface area contributed by atoms with E-state index in [1.54, 1.807) is 0 Å². The summed E-state index contributed by atoms with van der Waals surface area (Å²) in [6.45, 7) is 0. The first-order chi connectivity index (χ1) is 10.3. The number of ether oxygens (including phenoxy) is 1. The lowest BCUT2D eigenvalue weighted by molar-refractivity contribution is -0.137. The zero-order valence-corrected chi connectivity index (χ0v) is 11.6. The van der Waals surface area contributed by atoms with Crippen molar-refractivity contribution in [2.45, 2.75) is 6.18 Å². The smallest absolute Gasteiger partial charge is 0.417 e. The van der Waals surface area contributed by atoms with Crippen LogP contribution >= 0.6 is 11.6 Å². The van der Waals surface area contributed by atoms with Gasteiger partial charge in [0.15, 0.2) is 5.84 Å². The molecule has 0 spiro atoms. The highest BCUT2D eigenvalue weighted by Gasteiger charge is 2.31. The summed E-state index contributed by atoms with van der Waals surface area (Å²) < 4.78 is 42.8. The van der Waals surface area contributed by atoms with Gasteiger partial charge in [0.1, 0.15) is 10.8 Å². The number of oxime groups is 1. The van der Waals surface area contributed by atoms with Gasteiger partial charge < -0.3 is 15.7 Å². The van der Waals surface area contributed by atoms with Crippen molar-refractivity contribution in [3.63, 3.8) is 0 Å². The number of nitrogens with two attached hydrogens (primary N) is 1. The number of alkyl halides is 3. The number of hydrogen-bond acceptors (Lipinski definition) is 4. The van der Waals surface area contributed by atoms with Crippen LogP contribution in [0, 0.1) is 0 Å². The number of rotatable bonds is 3. The molecule has 0 saturated heterocycles. The molecule has 5 nitrogen and oxygen atoms in total. The summed E-state index contributed by atoms with van der Waals surface area (Å²) in [5.74, 6) is 0.0344. The molecule has 3 N–H and O–H groups in total. The SMILES string of the molecule is NC(=NO)c1ccc(Oc2ncc(C(F)(F)F)cc2Cl)cc1. The molecule has 0 radical (unpaired) electrons. The van der Waals surface area contributed by atoms with Gasteiger partial charge in [0.25, 0.3) is 0 Å². The molecule has 22 heavy (non-hydrogen) atoms. The van der Waals surface area contributed by atoms with E-state index in [1.165, 1.54) is 24.3 Å². The molecule has 0 unspecified atom stereocenters. The first-order valence-electron chi connectivity index (χ1n) is 5.80. The second-order valence-corrected chi connectivity index (χ2v) is 4.53. The first kappa shape index (κ1) is 15.9. The number of aromatic nitrogens is 1. The van der Waals surface area contributed by atoms with Crippen LogP contribution in [-0.4, -0.2) is 16.0 Å². The summed E-state index contributed by atoms with van der Waals surface area (Å²) in [5, 5.41) is 11.1. The number of amidine groups is 1. The Kier molecular flexibility index (Phi) is 4.41. The molecule has 0 aliphatic carbocycles. The number of benzene rings is 1. The van der Waals surface area contributed by atoms with Crippen LogP contribution < -0.4 is 10.5 Å². The fourth-order valence-electron chi connectivity index (χ4n) is 1.52. The van der Waals surface area contributed by atoms with Crippen molar-refractivity contribution in [3.05, 3.63) is 52.7 Å². The third-order valence-corrected chi connectivity index (χ3v) is 2.88. The molecule has 0 atom stereocenters. The van der Waals surface area contributed by atoms with Gasteiger partial charge >= 0.3 is 6.18 Å².